The van der Waals surface area contributed by atoms with E-state index in [1.165, 1.54) is 6.07 Å². The van der Waals surface area contributed by atoms with Gasteiger partial charge in [0, 0.05) is 54.3 Å². The SMILES string of the molecule is NC(=O)C[C@H](c1cccc(Br)c1)c1oc(CN2C[C@H]3C[C@@H](C2)c2cccc(=O)n2C3)cc(=O)c1O. The van der Waals surface area contributed by atoms with Crippen molar-refractivity contribution < 1.29 is 14.3 Å². The van der Waals surface area contributed by atoms with Gasteiger partial charge < -0.3 is 19.8 Å². The molecule has 2 aliphatic heterocycles. The lowest BCUT2D eigenvalue weighted by atomic mass is 9.83. The van der Waals surface area contributed by atoms with Gasteiger partial charge in [-0.15, -0.1) is 0 Å². The van der Waals surface area contributed by atoms with Gasteiger partial charge in [-0.1, -0.05) is 34.1 Å². The second-order valence-electron chi connectivity index (χ2n) is 9.46. The number of piperidine rings is 1. The van der Waals surface area contributed by atoms with E-state index in [4.69, 9.17) is 10.2 Å². The van der Waals surface area contributed by atoms with Gasteiger partial charge in [-0.2, -0.15) is 0 Å². The molecule has 1 saturated heterocycles. The zero-order valence-electron chi connectivity index (χ0n) is 19.0. The Labute approximate surface area is 210 Å². The molecule has 2 bridgehead atoms. The average Bonchev–Trinajstić information content (AvgIpc) is 2.80. The summed E-state index contributed by atoms with van der Waals surface area (Å²) in [5.74, 6) is -0.768. The van der Waals surface area contributed by atoms with Crippen LogP contribution in [0, 0.1) is 5.92 Å². The minimum absolute atomic E-state index is 0.0351. The normalized spacial score (nSPS) is 20.3. The molecule has 2 aliphatic rings. The third kappa shape index (κ3) is 4.83. The molecule has 0 spiro atoms. The molecule has 3 N–H and O–H groups in total. The van der Waals surface area contributed by atoms with Crippen molar-refractivity contribution >= 4 is 21.8 Å². The van der Waals surface area contributed by atoms with Crippen LogP contribution in [0.4, 0.5) is 0 Å². The minimum Gasteiger partial charge on any atom is -0.502 e. The second-order valence-corrected chi connectivity index (χ2v) is 10.4. The Morgan fingerprint density at radius 1 is 1.14 bits per heavy atom. The highest BCUT2D eigenvalue weighted by Crippen LogP contribution is 2.37. The first-order valence-corrected chi connectivity index (χ1v) is 12.4. The number of nitrogens with two attached hydrogens (primary N) is 1. The molecule has 1 aromatic carbocycles. The highest BCUT2D eigenvalue weighted by atomic mass is 79.9. The molecule has 1 amide bonds. The fourth-order valence-corrected chi connectivity index (χ4v) is 5.92. The van der Waals surface area contributed by atoms with Gasteiger partial charge in [0.2, 0.25) is 17.1 Å². The van der Waals surface area contributed by atoms with E-state index in [0.717, 1.165) is 29.7 Å². The van der Waals surface area contributed by atoms with Gasteiger partial charge in [-0.3, -0.25) is 19.3 Å². The van der Waals surface area contributed by atoms with Crippen molar-refractivity contribution in [1.82, 2.24) is 9.47 Å². The van der Waals surface area contributed by atoms with E-state index in [2.05, 4.69) is 20.8 Å². The summed E-state index contributed by atoms with van der Waals surface area (Å²) in [6, 6.07) is 14.0. The van der Waals surface area contributed by atoms with Crippen molar-refractivity contribution in [1.29, 1.82) is 0 Å². The number of fused-ring (bicyclic) bond motifs is 4. The first-order valence-electron chi connectivity index (χ1n) is 11.6. The first kappa shape index (κ1) is 23.6. The number of benzene rings is 1. The van der Waals surface area contributed by atoms with Crippen molar-refractivity contribution in [2.24, 2.45) is 11.7 Å². The topological polar surface area (TPSA) is 119 Å². The van der Waals surface area contributed by atoms with Gasteiger partial charge in [0.05, 0.1) is 12.5 Å². The van der Waals surface area contributed by atoms with Crippen molar-refractivity contribution in [3.05, 3.63) is 96.4 Å². The molecular formula is C26H26BrN3O5. The van der Waals surface area contributed by atoms with Crippen LogP contribution in [0.25, 0.3) is 0 Å². The lowest BCUT2D eigenvalue weighted by Crippen LogP contribution is -2.46. The monoisotopic (exact) mass is 539 g/mol. The Hall–Kier alpha value is -3.17. The van der Waals surface area contributed by atoms with E-state index < -0.39 is 23.0 Å². The molecule has 3 atom stereocenters. The number of primary amides is 1. The van der Waals surface area contributed by atoms with Gasteiger partial charge in [-0.25, -0.2) is 0 Å². The number of rotatable bonds is 6. The predicted molar refractivity (Wildman–Crippen MR) is 133 cm³/mol. The largest absolute Gasteiger partial charge is 0.502 e. The molecule has 0 radical (unpaired) electrons. The van der Waals surface area contributed by atoms with E-state index in [-0.39, 0.29) is 23.7 Å². The summed E-state index contributed by atoms with van der Waals surface area (Å²) in [5, 5.41) is 10.6. The number of likely N-dealkylation sites (tertiary alicyclic amines) is 1. The smallest absolute Gasteiger partial charge is 0.250 e. The van der Waals surface area contributed by atoms with Crippen molar-refractivity contribution in [2.75, 3.05) is 13.1 Å². The van der Waals surface area contributed by atoms with Crippen LogP contribution in [0.3, 0.4) is 0 Å². The van der Waals surface area contributed by atoms with Crippen molar-refractivity contribution in [3.8, 4) is 5.75 Å². The fourth-order valence-electron chi connectivity index (χ4n) is 5.50. The van der Waals surface area contributed by atoms with Crippen LogP contribution < -0.4 is 16.7 Å². The van der Waals surface area contributed by atoms with Gasteiger partial charge >= 0.3 is 0 Å². The van der Waals surface area contributed by atoms with Crippen molar-refractivity contribution in [2.45, 2.75) is 37.8 Å². The standard InChI is InChI=1S/C26H26BrN3O5/c27-18-4-1-3-16(8-18)20(10-23(28)32)26-25(34)22(31)9-19(35-26)14-29-11-15-7-17(13-29)21-5-2-6-24(33)30(21)12-15/h1-6,8-9,15,17,20,34H,7,10-14H2,(H2,28,32)/t15-,17+,20-/m1/s1. The van der Waals surface area contributed by atoms with E-state index in [1.54, 1.807) is 18.2 Å². The molecule has 2 aromatic heterocycles. The van der Waals surface area contributed by atoms with Crippen LogP contribution in [0.5, 0.6) is 5.75 Å². The summed E-state index contributed by atoms with van der Waals surface area (Å²) in [7, 11) is 0. The zero-order chi connectivity index (χ0) is 24.7. The van der Waals surface area contributed by atoms with Crippen molar-refractivity contribution in [3.63, 3.8) is 0 Å². The Bertz CT molecular complexity index is 1400. The van der Waals surface area contributed by atoms with Crippen LogP contribution in [-0.4, -0.2) is 33.6 Å². The molecule has 0 saturated carbocycles. The summed E-state index contributed by atoms with van der Waals surface area (Å²) < 4.78 is 8.76. The number of hydrogen-bond donors (Lipinski definition) is 2. The van der Waals surface area contributed by atoms with Crippen LogP contribution in [0.15, 0.2) is 67.0 Å². The van der Waals surface area contributed by atoms with E-state index in [9.17, 15) is 19.5 Å². The number of nitrogens with zero attached hydrogens (tertiary/aromatic N) is 2. The highest BCUT2D eigenvalue weighted by molar-refractivity contribution is 9.10. The Kier molecular flexibility index (Phi) is 6.37. The highest BCUT2D eigenvalue weighted by Gasteiger charge is 2.35. The average molecular weight is 540 g/mol. The summed E-state index contributed by atoms with van der Waals surface area (Å²) >= 11 is 3.42. The summed E-state index contributed by atoms with van der Waals surface area (Å²) in [5.41, 5.74) is 6.72. The molecule has 5 rings (SSSR count). The second kappa shape index (κ2) is 9.47. The maximum absolute atomic E-state index is 12.7. The summed E-state index contributed by atoms with van der Waals surface area (Å²) in [6.45, 7) is 2.56. The molecular weight excluding hydrogens is 514 g/mol. The minimum atomic E-state index is -0.697. The maximum atomic E-state index is 12.7. The van der Waals surface area contributed by atoms with Gasteiger partial charge in [0.15, 0.2) is 5.76 Å². The molecule has 182 valence electrons. The molecule has 0 unspecified atom stereocenters. The molecule has 0 aliphatic carbocycles. The quantitative estimate of drug-likeness (QED) is 0.497. The molecule has 1 fully saturated rings. The molecule has 35 heavy (non-hydrogen) atoms. The zero-order valence-corrected chi connectivity index (χ0v) is 20.6. The van der Waals surface area contributed by atoms with Gasteiger partial charge in [-0.05, 0) is 36.1 Å². The number of pyridine rings is 1. The summed E-state index contributed by atoms with van der Waals surface area (Å²) in [6.07, 6.45) is 0.907. The van der Waals surface area contributed by atoms with Gasteiger partial charge in [0.25, 0.3) is 5.56 Å². The van der Waals surface area contributed by atoms with Crippen LogP contribution in [0.2, 0.25) is 0 Å². The Morgan fingerprint density at radius 3 is 2.71 bits per heavy atom. The number of carbonyl (C=O) groups is 1. The number of amides is 1. The van der Waals surface area contributed by atoms with Crippen LogP contribution in [0.1, 0.15) is 47.5 Å². The fraction of sp³-hybridized carbons (Fsp3) is 0.346. The third-order valence-corrected chi connectivity index (χ3v) is 7.40. The lowest BCUT2D eigenvalue weighted by molar-refractivity contribution is -0.118. The third-order valence-electron chi connectivity index (χ3n) is 6.91. The number of aromatic hydroxyl groups is 1. The molecule has 8 nitrogen and oxygen atoms in total. The number of hydrogen-bond acceptors (Lipinski definition) is 6. The summed E-state index contributed by atoms with van der Waals surface area (Å²) in [4.78, 5) is 39.1. The Balaban J connectivity index is 1.45. The van der Waals surface area contributed by atoms with Crippen LogP contribution >= 0.6 is 15.9 Å². The molecule has 3 aromatic rings. The molecule has 9 heteroatoms. The van der Waals surface area contributed by atoms with E-state index >= 15 is 0 Å². The molecule has 4 heterocycles. The Morgan fingerprint density at radius 2 is 1.94 bits per heavy atom. The van der Waals surface area contributed by atoms with Gasteiger partial charge in [0.1, 0.15) is 5.76 Å². The number of halogens is 1. The maximum Gasteiger partial charge on any atom is 0.250 e. The first-order chi connectivity index (χ1) is 16.8. The number of carbonyl (C=O) groups excluding carboxylic acids is 1. The predicted octanol–water partition coefficient (Wildman–Crippen LogP) is 2.90. The van der Waals surface area contributed by atoms with E-state index in [0.29, 0.717) is 30.3 Å². The van der Waals surface area contributed by atoms with Crippen LogP contribution in [-0.2, 0) is 17.9 Å². The lowest BCUT2D eigenvalue weighted by Gasteiger charge is -2.42. The van der Waals surface area contributed by atoms with E-state index in [1.807, 2.05) is 28.8 Å². The number of aromatic nitrogens is 1.